The molecule has 3 aromatic rings. The molecule has 4 unspecified atom stereocenters. The smallest absolute Gasteiger partial charge is 0.244 e. The van der Waals surface area contributed by atoms with E-state index in [1.165, 1.54) is 23.2 Å². The van der Waals surface area contributed by atoms with Crippen molar-refractivity contribution in [1.82, 2.24) is 40.9 Å². The van der Waals surface area contributed by atoms with Gasteiger partial charge in [0.05, 0.1) is 43.7 Å². The zero-order valence-corrected chi connectivity index (χ0v) is 20.5. The van der Waals surface area contributed by atoms with E-state index in [2.05, 4.69) is 47.8 Å². The Balaban J connectivity index is 1.26. The number of nitrogens with one attached hydrogen (secondary N) is 4. The van der Waals surface area contributed by atoms with Gasteiger partial charge in [-0.3, -0.25) is 15.1 Å². The minimum atomic E-state index is -0.304. The molecular weight excluding hydrogens is 460 g/mol. The molecule has 0 radical (unpaired) electrons. The van der Waals surface area contributed by atoms with Crippen molar-refractivity contribution in [2.24, 2.45) is 13.0 Å². The highest BCUT2D eigenvalue weighted by atomic mass is 16.5. The summed E-state index contributed by atoms with van der Waals surface area (Å²) in [6, 6.07) is 9.75. The maximum atomic E-state index is 13.0. The van der Waals surface area contributed by atoms with Gasteiger partial charge in [0.15, 0.2) is 5.75 Å². The number of benzene rings is 1. The fraction of sp³-hybridized carbons (Fsp3) is 0.458. The van der Waals surface area contributed by atoms with Crippen LogP contribution in [0.3, 0.4) is 0 Å². The number of nitrogens with zero attached hydrogens (tertiary/aromatic N) is 6. The molecule has 4 N–H and O–H groups in total. The van der Waals surface area contributed by atoms with Gasteiger partial charge in [0.25, 0.3) is 0 Å². The fourth-order valence-electron chi connectivity index (χ4n) is 5.16. The van der Waals surface area contributed by atoms with Crippen LogP contribution in [-0.4, -0.2) is 68.6 Å². The number of para-hydroxylation sites is 1. The highest BCUT2D eigenvalue weighted by Crippen LogP contribution is 2.40. The van der Waals surface area contributed by atoms with Crippen LogP contribution in [0, 0.1) is 5.92 Å². The minimum absolute atomic E-state index is 0.0288. The SMILES string of the molecule is COc1c(NC2CC(Nc3ccc(C4CC4)cn3)NC3NN(C)C(=O)C23)cccc1-c1nnn(C)n1. The maximum Gasteiger partial charge on any atom is 0.244 e. The zero-order chi connectivity index (χ0) is 24.8. The van der Waals surface area contributed by atoms with Crippen molar-refractivity contribution >= 4 is 17.4 Å². The number of pyridine rings is 1. The number of anilines is 2. The lowest BCUT2D eigenvalue weighted by atomic mass is 9.88. The predicted molar refractivity (Wildman–Crippen MR) is 133 cm³/mol. The van der Waals surface area contributed by atoms with Gasteiger partial charge in [-0.2, -0.15) is 4.80 Å². The van der Waals surface area contributed by atoms with Crippen molar-refractivity contribution in [1.29, 1.82) is 0 Å². The second kappa shape index (κ2) is 9.03. The molecule has 188 valence electrons. The van der Waals surface area contributed by atoms with E-state index in [0.717, 1.165) is 17.1 Å². The first-order valence-electron chi connectivity index (χ1n) is 12.2. The fourth-order valence-corrected chi connectivity index (χ4v) is 5.16. The lowest BCUT2D eigenvalue weighted by molar-refractivity contribution is -0.131. The summed E-state index contributed by atoms with van der Waals surface area (Å²) in [5, 5.41) is 24.6. The first kappa shape index (κ1) is 22.7. The maximum absolute atomic E-state index is 13.0. The number of ether oxygens (including phenoxy) is 1. The van der Waals surface area contributed by atoms with Crippen molar-refractivity contribution < 1.29 is 9.53 Å². The Morgan fingerprint density at radius 3 is 2.69 bits per heavy atom. The molecular formula is C24H30N10O2. The van der Waals surface area contributed by atoms with Gasteiger partial charge in [-0.15, -0.1) is 10.2 Å². The van der Waals surface area contributed by atoms with Crippen LogP contribution >= 0.6 is 0 Å². The number of fused-ring (bicyclic) bond motifs is 1. The lowest BCUT2D eigenvalue weighted by Gasteiger charge is -2.39. The molecule has 2 aliphatic heterocycles. The quantitative estimate of drug-likeness (QED) is 0.384. The molecule has 1 amide bonds. The third-order valence-electron chi connectivity index (χ3n) is 7.08. The van der Waals surface area contributed by atoms with Crippen molar-refractivity contribution in [3.05, 3.63) is 42.1 Å². The van der Waals surface area contributed by atoms with Gasteiger partial charge in [-0.05, 0) is 47.7 Å². The Labute approximate surface area is 208 Å². The number of carbonyl (C=O) groups excluding carboxylic acids is 1. The highest BCUT2D eigenvalue weighted by molar-refractivity contribution is 5.83. The van der Waals surface area contributed by atoms with Crippen LogP contribution in [-0.2, 0) is 11.8 Å². The Kier molecular flexibility index (Phi) is 5.69. The van der Waals surface area contributed by atoms with Crippen LogP contribution in [0.25, 0.3) is 11.4 Å². The molecule has 1 aliphatic carbocycles. The molecule has 3 aliphatic rings. The van der Waals surface area contributed by atoms with Gasteiger partial charge in [0, 0.05) is 25.7 Å². The van der Waals surface area contributed by atoms with Crippen LogP contribution in [0.1, 0.15) is 30.7 Å². The van der Waals surface area contributed by atoms with Crippen molar-refractivity contribution in [3.63, 3.8) is 0 Å². The molecule has 4 atom stereocenters. The Morgan fingerprint density at radius 1 is 1.14 bits per heavy atom. The standard InChI is InChI=1S/C24H30N10O2/c1-33-24(35)20-17(26-16-6-4-5-15(21(16)36-3)22-29-32-34(2)31-22)11-19(28-23(20)30-33)27-18-10-9-14(12-25-18)13-7-8-13/h4-6,9-10,12-13,17,19-20,23,26,28,30H,7-8,11H2,1-3H3,(H,25,27). The summed E-state index contributed by atoms with van der Waals surface area (Å²) >= 11 is 0. The minimum Gasteiger partial charge on any atom is -0.494 e. The highest BCUT2D eigenvalue weighted by Gasteiger charge is 2.48. The second-order valence-electron chi connectivity index (χ2n) is 9.62. The largest absolute Gasteiger partial charge is 0.494 e. The topological polar surface area (TPSA) is 134 Å². The Hall–Kier alpha value is -3.77. The number of hydrogen-bond donors (Lipinski definition) is 4. The molecule has 6 rings (SSSR count). The van der Waals surface area contributed by atoms with Crippen LogP contribution in [0.15, 0.2) is 36.5 Å². The van der Waals surface area contributed by atoms with Crippen molar-refractivity contribution in [2.45, 2.75) is 43.6 Å². The summed E-state index contributed by atoms with van der Waals surface area (Å²) in [6.07, 6.45) is 4.77. The third-order valence-corrected chi connectivity index (χ3v) is 7.08. The van der Waals surface area contributed by atoms with E-state index in [1.807, 2.05) is 30.5 Å². The number of aryl methyl sites for hydroxylation is 1. The number of hydrazine groups is 1. The van der Waals surface area contributed by atoms with Crippen LogP contribution in [0.4, 0.5) is 11.5 Å². The number of aromatic nitrogens is 5. The number of hydrogen-bond acceptors (Lipinski definition) is 10. The van der Waals surface area contributed by atoms with Crippen LogP contribution in [0.5, 0.6) is 5.75 Å². The summed E-state index contributed by atoms with van der Waals surface area (Å²) in [7, 11) is 5.08. The Bertz CT molecular complexity index is 1260. The molecule has 4 heterocycles. The van der Waals surface area contributed by atoms with E-state index in [1.54, 1.807) is 26.2 Å². The number of methoxy groups -OCH3 is 1. The molecule has 2 saturated heterocycles. The van der Waals surface area contributed by atoms with Crippen LogP contribution in [0.2, 0.25) is 0 Å². The van der Waals surface area contributed by atoms with Crippen LogP contribution < -0.4 is 26.1 Å². The van der Waals surface area contributed by atoms with E-state index in [9.17, 15) is 4.79 Å². The molecule has 1 saturated carbocycles. The molecule has 0 bridgehead atoms. The Morgan fingerprint density at radius 2 is 2.00 bits per heavy atom. The molecule has 3 fully saturated rings. The second-order valence-corrected chi connectivity index (χ2v) is 9.62. The summed E-state index contributed by atoms with van der Waals surface area (Å²) in [4.78, 5) is 19.1. The summed E-state index contributed by atoms with van der Waals surface area (Å²) in [5.74, 6) is 2.28. The first-order valence-corrected chi connectivity index (χ1v) is 12.2. The van der Waals surface area contributed by atoms with Gasteiger partial charge in [0.2, 0.25) is 11.7 Å². The third kappa shape index (κ3) is 4.22. The van der Waals surface area contributed by atoms with E-state index < -0.39 is 0 Å². The number of rotatable bonds is 7. The summed E-state index contributed by atoms with van der Waals surface area (Å²) in [5.41, 5.74) is 6.04. The monoisotopic (exact) mass is 490 g/mol. The normalized spacial score (nSPS) is 25.5. The molecule has 0 spiro atoms. The first-order chi connectivity index (χ1) is 17.5. The number of tetrazole rings is 1. The average molecular weight is 491 g/mol. The van der Waals surface area contributed by atoms with Crippen molar-refractivity contribution in [2.75, 3.05) is 24.8 Å². The number of piperidine rings is 1. The van der Waals surface area contributed by atoms with E-state index >= 15 is 0 Å². The van der Waals surface area contributed by atoms with Gasteiger partial charge < -0.3 is 15.4 Å². The van der Waals surface area contributed by atoms with E-state index in [0.29, 0.717) is 23.9 Å². The molecule has 12 heteroatoms. The van der Waals surface area contributed by atoms with Gasteiger partial charge in [0.1, 0.15) is 5.82 Å². The van der Waals surface area contributed by atoms with Gasteiger partial charge >= 0.3 is 0 Å². The zero-order valence-electron chi connectivity index (χ0n) is 20.5. The van der Waals surface area contributed by atoms with E-state index in [4.69, 9.17) is 4.74 Å². The summed E-state index contributed by atoms with van der Waals surface area (Å²) < 4.78 is 5.77. The number of carbonyl (C=O) groups is 1. The predicted octanol–water partition coefficient (Wildman–Crippen LogP) is 1.29. The molecule has 12 nitrogen and oxygen atoms in total. The number of amides is 1. The van der Waals surface area contributed by atoms with Gasteiger partial charge in [-0.25, -0.2) is 10.4 Å². The van der Waals surface area contributed by atoms with E-state index in [-0.39, 0.29) is 30.2 Å². The molecule has 1 aromatic carbocycles. The average Bonchev–Trinajstić information content (AvgIpc) is 3.57. The molecule has 36 heavy (non-hydrogen) atoms. The van der Waals surface area contributed by atoms with Crippen molar-refractivity contribution in [3.8, 4) is 17.1 Å². The molecule has 2 aromatic heterocycles. The van der Waals surface area contributed by atoms with Gasteiger partial charge in [-0.1, -0.05) is 12.1 Å². The lowest BCUT2D eigenvalue weighted by Crippen LogP contribution is -2.60. The summed E-state index contributed by atoms with van der Waals surface area (Å²) in [6.45, 7) is 0.